The quantitative estimate of drug-likeness (QED) is 0.323. The Kier molecular flexibility index (Phi) is 7.05. The van der Waals surface area contributed by atoms with Gasteiger partial charge in [-0.05, 0) is 56.7 Å². The first-order valence-corrected chi connectivity index (χ1v) is 11.0. The van der Waals surface area contributed by atoms with Crippen LogP contribution in [0.2, 0.25) is 0 Å². The average Bonchev–Trinajstić information content (AvgIpc) is 2.72. The van der Waals surface area contributed by atoms with Crippen molar-refractivity contribution >= 4 is 40.0 Å². The second kappa shape index (κ2) is 9.71. The predicted molar refractivity (Wildman–Crippen MR) is 121 cm³/mol. The SMILES string of the molecule is CCCC(=O)Nc1ccc(C(=O)CSc2nc3ccccc3c(=O)n2C(C)C)cc1. The van der Waals surface area contributed by atoms with Crippen molar-refractivity contribution in [1.82, 2.24) is 9.55 Å². The van der Waals surface area contributed by atoms with Crippen LogP contribution < -0.4 is 10.9 Å². The zero-order valence-corrected chi connectivity index (χ0v) is 18.2. The van der Waals surface area contributed by atoms with Crippen LogP contribution in [-0.4, -0.2) is 27.0 Å². The molecule has 1 heterocycles. The monoisotopic (exact) mass is 423 g/mol. The van der Waals surface area contributed by atoms with Crippen LogP contribution in [-0.2, 0) is 4.79 Å². The molecule has 0 spiro atoms. The van der Waals surface area contributed by atoms with Crippen molar-refractivity contribution in [1.29, 1.82) is 0 Å². The molecule has 0 radical (unpaired) electrons. The lowest BCUT2D eigenvalue weighted by molar-refractivity contribution is -0.116. The van der Waals surface area contributed by atoms with Crippen molar-refractivity contribution < 1.29 is 9.59 Å². The van der Waals surface area contributed by atoms with Crippen LogP contribution in [0.1, 0.15) is 50.0 Å². The predicted octanol–water partition coefficient (Wildman–Crippen LogP) is 4.69. The molecule has 0 saturated heterocycles. The second-order valence-corrected chi connectivity index (χ2v) is 8.21. The lowest BCUT2D eigenvalue weighted by Gasteiger charge is -2.16. The Morgan fingerprint density at radius 1 is 1.10 bits per heavy atom. The van der Waals surface area contributed by atoms with Gasteiger partial charge in [0.05, 0.1) is 16.7 Å². The number of carbonyl (C=O) groups is 2. The van der Waals surface area contributed by atoms with Crippen LogP contribution in [0.25, 0.3) is 10.9 Å². The number of anilines is 1. The molecule has 1 amide bonds. The van der Waals surface area contributed by atoms with Crippen LogP contribution in [0.4, 0.5) is 5.69 Å². The third-order valence-corrected chi connectivity index (χ3v) is 5.54. The third kappa shape index (κ3) is 4.97. The summed E-state index contributed by atoms with van der Waals surface area (Å²) in [4.78, 5) is 41.8. The van der Waals surface area contributed by atoms with Gasteiger partial charge in [-0.15, -0.1) is 0 Å². The molecule has 30 heavy (non-hydrogen) atoms. The summed E-state index contributed by atoms with van der Waals surface area (Å²) in [5.74, 6) is 0.0595. The molecule has 3 rings (SSSR count). The van der Waals surface area contributed by atoms with Crippen LogP contribution in [0, 0.1) is 0 Å². The summed E-state index contributed by atoms with van der Waals surface area (Å²) in [6, 6.07) is 14.0. The van der Waals surface area contributed by atoms with Crippen molar-refractivity contribution in [3.05, 3.63) is 64.4 Å². The maximum Gasteiger partial charge on any atom is 0.262 e. The van der Waals surface area contributed by atoms with E-state index in [1.807, 2.05) is 32.9 Å². The first-order chi connectivity index (χ1) is 14.4. The van der Waals surface area contributed by atoms with Gasteiger partial charge in [0.1, 0.15) is 0 Å². The molecule has 0 unspecified atom stereocenters. The maximum absolute atomic E-state index is 12.9. The van der Waals surface area contributed by atoms with Crippen molar-refractivity contribution in [2.75, 3.05) is 11.1 Å². The Bertz CT molecular complexity index is 1120. The van der Waals surface area contributed by atoms with Crippen molar-refractivity contribution in [3.8, 4) is 0 Å². The number of benzene rings is 2. The number of thioether (sulfide) groups is 1. The smallest absolute Gasteiger partial charge is 0.262 e. The first kappa shape index (κ1) is 21.8. The molecule has 0 aliphatic heterocycles. The maximum atomic E-state index is 12.9. The van der Waals surface area contributed by atoms with Gasteiger partial charge in [-0.1, -0.05) is 30.8 Å². The molecule has 0 fully saturated rings. The molecule has 0 aliphatic rings. The lowest BCUT2D eigenvalue weighted by atomic mass is 10.1. The summed E-state index contributed by atoms with van der Waals surface area (Å²) in [7, 11) is 0. The molecule has 1 aromatic heterocycles. The number of nitrogens with zero attached hydrogens (tertiary/aromatic N) is 2. The lowest BCUT2D eigenvalue weighted by Crippen LogP contribution is -2.25. The molecule has 0 bridgehead atoms. The first-order valence-electron chi connectivity index (χ1n) is 9.98. The number of hydrogen-bond acceptors (Lipinski definition) is 5. The fourth-order valence-corrected chi connectivity index (χ4v) is 4.11. The topological polar surface area (TPSA) is 81.1 Å². The summed E-state index contributed by atoms with van der Waals surface area (Å²) < 4.78 is 1.63. The number of carbonyl (C=O) groups excluding carboxylic acids is 2. The van der Waals surface area contributed by atoms with E-state index < -0.39 is 0 Å². The summed E-state index contributed by atoms with van der Waals surface area (Å²) in [6.07, 6.45) is 1.25. The van der Waals surface area contributed by atoms with E-state index in [-0.39, 0.29) is 29.0 Å². The molecule has 1 N–H and O–H groups in total. The standard InChI is InChI=1S/C23H25N3O3S/c1-4-7-21(28)24-17-12-10-16(11-13-17)20(27)14-30-23-25-19-9-6-5-8-18(19)22(29)26(23)15(2)3/h5-6,8-13,15H,4,7,14H2,1-3H3,(H,24,28). The van der Waals surface area contributed by atoms with Gasteiger partial charge in [-0.2, -0.15) is 0 Å². The minimum absolute atomic E-state index is 0.0406. The molecule has 3 aromatic rings. The minimum atomic E-state index is -0.0993. The van der Waals surface area contributed by atoms with Gasteiger partial charge in [0.25, 0.3) is 5.56 Å². The summed E-state index contributed by atoms with van der Waals surface area (Å²) in [5, 5.41) is 3.91. The van der Waals surface area contributed by atoms with Crippen molar-refractivity contribution in [2.24, 2.45) is 0 Å². The van der Waals surface area contributed by atoms with E-state index in [0.717, 1.165) is 6.42 Å². The molecule has 7 heteroatoms. The fraction of sp³-hybridized carbons (Fsp3) is 0.304. The van der Waals surface area contributed by atoms with Crippen LogP contribution in [0.3, 0.4) is 0 Å². The highest BCUT2D eigenvalue weighted by Gasteiger charge is 2.16. The van der Waals surface area contributed by atoms with Crippen LogP contribution in [0.5, 0.6) is 0 Å². The highest BCUT2D eigenvalue weighted by molar-refractivity contribution is 7.99. The van der Waals surface area contributed by atoms with Gasteiger partial charge < -0.3 is 5.32 Å². The second-order valence-electron chi connectivity index (χ2n) is 7.27. The molecular formula is C23H25N3O3S. The molecule has 2 aromatic carbocycles. The molecule has 156 valence electrons. The molecular weight excluding hydrogens is 398 g/mol. The van der Waals surface area contributed by atoms with Crippen molar-refractivity contribution in [2.45, 2.75) is 44.8 Å². The number of Topliss-reactive ketones (excluding diaryl/α,β-unsaturated/α-hetero) is 1. The average molecular weight is 424 g/mol. The van der Waals surface area contributed by atoms with E-state index in [2.05, 4.69) is 10.3 Å². The van der Waals surface area contributed by atoms with E-state index in [1.54, 1.807) is 41.0 Å². The van der Waals surface area contributed by atoms with Gasteiger partial charge >= 0.3 is 0 Å². The van der Waals surface area contributed by atoms with Crippen LogP contribution in [0.15, 0.2) is 58.5 Å². The molecule has 6 nitrogen and oxygen atoms in total. The highest BCUT2D eigenvalue weighted by atomic mass is 32.2. The van der Waals surface area contributed by atoms with Gasteiger partial charge in [0.2, 0.25) is 5.91 Å². The molecule has 0 saturated carbocycles. The zero-order chi connectivity index (χ0) is 21.7. The third-order valence-electron chi connectivity index (χ3n) is 4.59. The van der Waals surface area contributed by atoms with Crippen molar-refractivity contribution in [3.63, 3.8) is 0 Å². The summed E-state index contributed by atoms with van der Waals surface area (Å²) in [5.41, 5.74) is 1.75. The molecule has 0 atom stereocenters. The van der Waals surface area contributed by atoms with E-state index >= 15 is 0 Å². The largest absolute Gasteiger partial charge is 0.326 e. The highest BCUT2D eigenvalue weighted by Crippen LogP contribution is 2.22. The normalized spacial score (nSPS) is 11.1. The molecule has 0 aliphatic carbocycles. The Balaban J connectivity index is 1.76. The number of aromatic nitrogens is 2. The van der Waals surface area contributed by atoms with Gasteiger partial charge in [0.15, 0.2) is 10.9 Å². The van der Waals surface area contributed by atoms with E-state index in [1.165, 1.54) is 11.8 Å². The summed E-state index contributed by atoms with van der Waals surface area (Å²) in [6.45, 7) is 5.80. The van der Waals surface area contributed by atoms with E-state index in [4.69, 9.17) is 0 Å². The Morgan fingerprint density at radius 3 is 2.47 bits per heavy atom. The van der Waals surface area contributed by atoms with Gasteiger partial charge in [-0.25, -0.2) is 4.98 Å². The zero-order valence-electron chi connectivity index (χ0n) is 17.3. The number of amides is 1. The summed E-state index contributed by atoms with van der Waals surface area (Å²) >= 11 is 1.26. The van der Waals surface area contributed by atoms with E-state index in [9.17, 15) is 14.4 Å². The van der Waals surface area contributed by atoms with Gasteiger partial charge in [-0.3, -0.25) is 19.0 Å². The Labute approximate surface area is 179 Å². The van der Waals surface area contributed by atoms with Gasteiger partial charge in [0, 0.05) is 23.7 Å². The fourth-order valence-electron chi connectivity index (χ4n) is 3.09. The minimum Gasteiger partial charge on any atom is -0.326 e. The number of nitrogens with one attached hydrogen (secondary N) is 1. The number of rotatable bonds is 8. The number of fused-ring (bicyclic) bond motifs is 1. The Hall–Kier alpha value is -2.93. The van der Waals surface area contributed by atoms with Crippen LogP contribution >= 0.6 is 11.8 Å². The number of hydrogen-bond donors (Lipinski definition) is 1. The number of ketones is 1. The van der Waals surface area contributed by atoms with E-state index in [0.29, 0.717) is 33.7 Å². The number of para-hydroxylation sites is 1. The Morgan fingerprint density at radius 2 is 1.80 bits per heavy atom.